The molecule has 1 N–H and O–H groups in total. The Bertz CT molecular complexity index is 412. The van der Waals surface area contributed by atoms with Gasteiger partial charge in [-0.25, -0.2) is 0 Å². The van der Waals surface area contributed by atoms with Crippen molar-refractivity contribution in [1.29, 1.82) is 5.26 Å². The van der Waals surface area contributed by atoms with E-state index >= 15 is 0 Å². The maximum Gasteiger partial charge on any atom is 0.101 e. The number of rotatable bonds is 3. The van der Waals surface area contributed by atoms with Gasteiger partial charge in [-0.05, 0) is 32.0 Å². The Kier molecular flexibility index (Phi) is 4.20. The van der Waals surface area contributed by atoms with Gasteiger partial charge < -0.3 is 5.32 Å². The summed E-state index contributed by atoms with van der Waals surface area (Å²) in [6.45, 7) is 4.79. The zero-order chi connectivity index (χ0) is 11.3. The second-order valence-electron chi connectivity index (χ2n) is 3.46. The van der Waals surface area contributed by atoms with E-state index in [9.17, 15) is 0 Å². The number of nitrogens with zero attached hydrogens (tertiary/aromatic N) is 1. The lowest BCUT2D eigenvalue weighted by Gasteiger charge is -2.06. The molecule has 1 aromatic carbocycles. The third-order valence-corrected chi connectivity index (χ3v) is 2.14. The fourth-order valence-electron chi connectivity index (χ4n) is 1.13. The third kappa shape index (κ3) is 3.65. The van der Waals surface area contributed by atoms with Gasteiger partial charge in [-0.2, -0.15) is 5.26 Å². The van der Waals surface area contributed by atoms with Crippen LogP contribution in [0.15, 0.2) is 29.8 Å². The van der Waals surface area contributed by atoms with Crippen LogP contribution in [0.3, 0.4) is 0 Å². The first-order valence-electron chi connectivity index (χ1n) is 4.70. The summed E-state index contributed by atoms with van der Waals surface area (Å²) < 4.78 is 0. The molecule has 2 nitrogen and oxygen atoms in total. The Morgan fingerprint density at radius 3 is 2.87 bits per heavy atom. The molecule has 0 amide bonds. The van der Waals surface area contributed by atoms with Gasteiger partial charge in [0.2, 0.25) is 0 Å². The molecule has 0 fully saturated rings. The van der Waals surface area contributed by atoms with Crippen LogP contribution in [0, 0.1) is 11.3 Å². The minimum absolute atomic E-state index is 0.574. The van der Waals surface area contributed by atoms with Gasteiger partial charge in [0.1, 0.15) is 6.07 Å². The summed E-state index contributed by atoms with van der Waals surface area (Å²) in [5.74, 6) is 0. The van der Waals surface area contributed by atoms with E-state index in [1.807, 2.05) is 19.9 Å². The lowest BCUT2D eigenvalue weighted by Crippen LogP contribution is -2.00. The van der Waals surface area contributed by atoms with E-state index in [1.165, 1.54) is 5.57 Å². The van der Waals surface area contributed by atoms with Crippen molar-refractivity contribution in [2.45, 2.75) is 13.8 Å². The highest BCUT2D eigenvalue weighted by Crippen LogP contribution is 2.19. The molecule has 0 aromatic heterocycles. The van der Waals surface area contributed by atoms with Gasteiger partial charge in [-0.1, -0.05) is 23.3 Å². The van der Waals surface area contributed by atoms with Crippen molar-refractivity contribution in [1.82, 2.24) is 0 Å². The van der Waals surface area contributed by atoms with E-state index in [4.69, 9.17) is 16.9 Å². The van der Waals surface area contributed by atoms with Gasteiger partial charge >= 0.3 is 0 Å². The third-order valence-electron chi connectivity index (χ3n) is 1.90. The van der Waals surface area contributed by atoms with Crippen molar-refractivity contribution in [2.24, 2.45) is 0 Å². The standard InChI is InChI=1S/C12H13ClN2/c1-9(2)5-6-15-12-4-3-11(13)7-10(12)8-14/h3-5,7,15H,6H2,1-2H3. The van der Waals surface area contributed by atoms with E-state index in [0.29, 0.717) is 10.6 Å². The van der Waals surface area contributed by atoms with E-state index in [2.05, 4.69) is 17.5 Å². The number of anilines is 1. The van der Waals surface area contributed by atoms with E-state index in [0.717, 1.165) is 12.2 Å². The molecule has 0 saturated heterocycles. The van der Waals surface area contributed by atoms with E-state index in [-0.39, 0.29) is 0 Å². The molecule has 0 saturated carbocycles. The van der Waals surface area contributed by atoms with Gasteiger partial charge in [0.05, 0.1) is 11.3 Å². The first kappa shape index (κ1) is 11.6. The van der Waals surface area contributed by atoms with Crippen LogP contribution in [0.1, 0.15) is 19.4 Å². The average Bonchev–Trinajstić information content (AvgIpc) is 2.19. The number of hydrogen-bond donors (Lipinski definition) is 1. The van der Waals surface area contributed by atoms with Crippen molar-refractivity contribution in [3.63, 3.8) is 0 Å². The predicted octanol–water partition coefficient (Wildman–Crippen LogP) is 3.59. The van der Waals surface area contributed by atoms with Crippen LogP contribution >= 0.6 is 11.6 Å². The normalized spacial score (nSPS) is 9.20. The fraction of sp³-hybridized carbons (Fsp3) is 0.250. The van der Waals surface area contributed by atoms with Crippen LogP contribution in [-0.4, -0.2) is 6.54 Å². The summed E-state index contributed by atoms with van der Waals surface area (Å²) in [6, 6.07) is 7.36. The molecule has 3 heteroatoms. The second-order valence-corrected chi connectivity index (χ2v) is 3.90. The highest BCUT2D eigenvalue weighted by atomic mass is 35.5. The fourth-order valence-corrected chi connectivity index (χ4v) is 1.30. The first-order valence-corrected chi connectivity index (χ1v) is 5.08. The van der Waals surface area contributed by atoms with Crippen LogP contribution in [0.5, 0.6) is 0 Å². The first-order chi connectivity index (χ1) is 7.13. The molecule has 1 aromatic rings. The quantitative estimate of drug-likeness (QED) is 0.791. The van der Waals surface area contributed by atoms with Crippen molar-refractivity contribution in [3.8, 4) is 6.07 Å². The maximum absolute atomic E-state index is 8.89. The Morgan fingerprint density at radius 2 is 2.27 bits per heavy atom. The molecule has 78 valence electrons. The van der Waals surface area contributed by atoms with Crippen LogP contribution in [0.4, 0.5) is 5.69 Å². The molecule has 0 aliphatic heterocycles. The van der Waals surface area contributed by atoms with Crippen molar-refractivity contribution in [2.75, 3.05) is 11.9 Å². The molecular weight excluding hydrogens is 208 g/mol. The lowest BCUT2D eigenvalue weighted by molar-refractivity contribution is 1.26. The molecule has 0 aliphatic carbocycles. The minimum atomic E-state index is 0.574. The van der Waals surface area contributed by atoms with Crippen LogP contribution in [-0.2, 0) is 0 Å². The van der Waals surface area contributed by atoms with Crippen LogP contribution < -0.4 is 5.32 Å². The summed E-state index contributed by atoms with van der Waals surface area (Å²) in [6.07, 6.45) is 2.07. The average molecular weight is 221 g/mol. The maximum atomic E-state index is 8.89. The van der Waals surface area contributed by atoms with Crippen LogP contribution in [0.25, 0.3) is 0 Å². The number of allylic oxidation sites excluding steroid dienone is 1. The molecule has 15 heavy (non-hydrogen) atoms. The summed E-state index contributed by atoms with van der Waals surface area (Å²) in [4.78, 5) is 0. The molecule has 0 atom stereocenters. The number of nitriles is 1. The Morgan fingerprint density at radius 1 is 1.53 bits per heavy atom. The molecule has 0 unspecified atom stereocenters. The number of benzene rings is 1. The zero-order valence-electron chi connectivity index (χ0n) is 8.84. The van der Waals surface area contributed by atoms with Gasteiger partial charge in [-0.15, -0.1) is 0 Å². The largest absolute Gasteiger partial charge is 0.380 e. The highest BCUT2D eigenvalue weighted by molar-refractivity contribution is 6.30. The number of hydrogen-bond acceptors (Lipinski definition) is 2. The van der Waals surface area contributed by atoms with Gasteiger partial charge in [-0.3, -0.25) is 0 Å². The second kappa shape index (κ2) is 5.43. The molecule has 0 heterocycles. The summed E-state index contributed by atoms with van der Waals surface area (Å²) in [7, 11) is 0. The Labute approximate surface area is 95.2 Å². The van der Waals surface area contributed by atoms with Gasteiger partial charge in [0.25, 0.3) is 0 Å². The molecule has 1 rings (SSSR count). The Hall–Kier alpha value is -1.46. The summed E-state index contributed by atoms with van der Waals surface area (Å²) in [5, 5.41) is 12.6. The zero-order valence-corrected chi connectivity index (χ0v) is 9.60. The van der Waals surface area contributed by atoms with Gasteiger partial charge in [0, 0.05) is 11.6 Å². The molecule has 0 spiro atoms. The lowest BCUT2D eigenvalue weighted by atomic mass is 10.2. The summed E-state index contributed by atoms with van der Waals surface area (Å²) in [5.41, 5.74) is 2.64. The van der Waals surface area contributed by atoms with Crippen molar-refractivity contribution >= 4 is 17.3 Å². The van der Waals surface area contributed by atoms with E-state index < -0.39 is 0 Å². The number of nitrogens with one attached hydrogen (secondary N) is 1. The molecular formula is C12H13ClN2. The SMILES string of the molecule is CC(C)=CCNc1ccc(Cl)cc1C#N. The van der Waals surface area contributed by atoms with Crippen molar-refractivity contribution in [3.05, 3.63) is 40.4 Å². The van der Waals surface area contributed by atoms with Crippen molar-refractivity contribution < 1.29 is 0 Å². The van der Waals surface area contributed by atoms with Crippen LogP contribution in [0.2, 0.25) is 5.02 Å². The van der Waals surface area contributed by atoms with E-state index in [1.54, 1.807) is 12.1 Å². The Balaban J connectivity index is 2.78. The smallest absolute Gasteiger partial charge is 0.101 e. The minimum Gasteiger partial charge on any atom is -0.380 e. The molecule has 0 aliphatic rings. The summed E-state index contributed by atoms with van der Waals surface area (Å²) >= 11 is 5.79. The monoisotopic (exact) mass is 220 g/mol. The highest BCUT2D eigenvalue weighted by Gasteiger charge is 2.00. The topological polar surface area (TPSA) is 35.8 Å². The predicted molar refractivity (Wildman–Crippen MR) is 64.1 cm³/mol. The molecule has 0 radical (unpaired) electrons. The number of halogens is 1. The molecule has 0 bridgehead atoms. The van der Waals surface area contributed by atoms with Gasteiger partial charge in [0.15, 0.2) is 0 Å².